The summed E-state index contributed by atoms with van der Waals surface area (Å²) in [7, 11) is 1.93. The van der Waals surface area contributed by atoms with Crippen molar-refractivity contribution in [3.05, 3.63) is 45.4 Å². The quantitative estimate of drug-likeness (QED) is 0.884. The summed E-state index contributed by atoms with van der Waals surface area (Å²) in [5, 5.41) is 4.84. The summed E-state index contributed by atoms with van der Waals surface area (Å²) in [5.74, 6) is 0.728. The van der Waals surface area contributed by atoms with E-state index in [-0.39, 0.29) is 0 Å². The number of thiazole rings is 1. The second-order valence-corrected chi connectivity index (χ2v) is 5.39. The molecule has 0 saturated carbocycles. The Morgan fingerprint density at radius 1 is 1.39 bits per heavy atom. The number of rotatable bonds is 6. The first-order chi connectivity index (χ1) is 8.79. The molecule has 0 bridgehead atoms. The summed E-state index contributed by atoms with van der Waals surface area (Å²) in [6.07, 6.45) is 2.71. The molecule has 18 heavy (non-hydrogen) atoms. The molecule has 1 heterocycles. The Bertz CT molecular complexity index is 501. The van der Waals surface area contributed by atoms with Crippen molar-refractivity contribution in [1.82, 2.24) is 10.3 Å². The lowest BCUT2D eigenvalue weighted by atomic mass is 10.3. The molecular weight excluding hydrogens is 268 g/mol. The first kappa shape index (κ1) is 13.3. The summed E-state index contributed by atoms with van der Waals surface area (Å²) in [4.78, 5) is 5.59. The zero-order valence-corrected chi connectivity index (χ0v) is 11.7. The van der Waals surface area contributed by atoms with E-state index in [0.29, 0.717) is 11.6 Å². The number of hydrogen-bond donors (Lipinski definition) is 1. The van der Waals surface area contributed by atoms with Gasteiger partial charge in [0.15, 0.2) is 0 Å². The van der Waals surface area contributed by atoms with Crippen molar-refractivity contribution in [1.29, 1.82) is 0 Å². The Morgan fingerprint density at radius 2 is 2.22 bits per heavy atom. The Balaban J connectivity index is 1.83. The molecule has 2 aromatic rings. The van der Waals surface area contributed by atoms with Gasteiger partial charge in [0.05, 0.1) is 16.6 Å². The van der Waals surface area contributed by atoms with Gasteiger partial charge in [-0.1, -0.05) is 23.7 Å². The molecule has 0 fully saturated rings. The molecule has 0 radical (unpaired) electrons. The highest BCUT2D eigenvalue weighted by Gasteiger charge is 2.03. The molecule has 0 unspecified atom stereocenters. The van der Waals surface area contributed by atoms with Crippen LogP contribution < -0.4 is 10.1 Å². The third kappa shape index (κ3) is 3.70. The van der Waals surface area contributed by atoms with Crippen molar-refractivity contribution in [2.24, 2.45) is 0 Å². The number of aromatic nitrogens is 1. The number of nitrogens with zero attached hydrogens (tertiary/aromatic N) is 1. The van der Waals surface area contributed by atoms with Gasteiger partial charge in [-0.15, -0.1) is 11.3 Å². The van der Waals surface area contributed by atoms with Gasteiger partial charge in [0.25, 0.3) is 0 Å². The van der Waals surface area contributed by atoms with Crippen molar-refractivity contribution in [3.8, 4) is 5.75 Å². The van der Waals surface area contributed by atoms with Crippen molar-refractivity contribution < 1.29 is 4.74 Å². The van der Waals surface area contributed by atoms with E-state index in [1.807, 2.05) is 37.5 Å². The van der Waals surface area contributed by atoms with Crippen molar-refractivity contribution in [3.63, 3.8) is 0 Å². The lowest BCUT2D eigenvalue weighted by molar-refractivity contribution is 0.322. The average molecular weight is 283 g/mol. The van der Waals surface area contributed by atoms with Crippen LogP contribution in [0.2, 0.25) is 5.02 Å². The SMILES string of the molecule is CNCc1cnc(CCOc2ccccc2Cl)s1. The fourth-order valence-corrected chi connectivity index (χ4v) is 2.64. The van der Waals surface area contributed by atoms with Gasteiger partial charge in [-0.2, -0.15) is 0 Å². The molecule has 0 aliphatic heterocycles. The first-order valence-electron chi connectivity index (χ1n) is 5.75. The molecule has 0 spiro atoms. The lowest BCUT2D eigenvalue weighted by Crippen LogP contribution is -2.02. The normalized spacial score (nSPS) is 10.6. The Hall–Kier alpha value is -1.10. The minimum absolute atomic E-state index is 0.593. The second-order valence-electron chi connectivity index (χ2n) is 3.78. The highest BCUT2D eigenvalue weighted by Crippen LogP contribution is 2.23. The maximum Gasteiger partial charge on any atom is 0.137 e. The van der Waals surface area contributed by atoms with Crippen LogP contribution in [0.3, 0.4) is 0 Å². The molecule has 2 rings (SSSR count). The van der Waals surface area contributed by atoms with Crippen LogP contribution in [0.25, 0.3) is 0 Å². The Labute approximate surface area is 116 Å². The molecule has 1 N–H and O–H groups in total. The zero-order chi connectivity index (χ0) is 12.8. The van der Waals surface area contributed by atoms with Crippen LogP contribution >= 0.6 is 22.9 Å². The number of hydrogen-bond acceptors (Lipinski definition) is 4. The summed E-state index contributed by atoms with van der Waals surface area (Å²) < 4.78 is 5.63. The van der Waals surface area contributed by atoms with Gasteiger partial charge in [-0.25, -0.2) is 4.98 Å². The summed E-state index contributed by atoms with van der Waals surface area (Å²) >= 11 is 7.72. The molecule has 0 amide bonds. The largest absolute Gasteiger partial charge is 0.492 e. The minimum atomic E-state index is 0.593. The van der Waals surface area contributed by atoms with Gasteiger partial charge in [0, 0.05) is 24.0 Å². The van der Waals surface area contributed by atoms with Crippen molar-refractivity contribution >= 4 is 22.9 Å². The number of para-hydroxylation sites is 1. The van der Waals surface area contributed by atoms with E-state index in [2.05, 4.69) is 10.3 Å². The highest BCUT2D eigenvalue weighted by atomic mass is 35.5. The third-order valence-electron chi connectivity index (χ3n) is 2.36. The minimum Gasteiger partial charge on any atom is -0.492 e. The number of nitrogens with one attached hydrogen (secondary N) is 1. The van der Waals surface area contributed by atoms with E-state index in [1.54, 1.807) is 11.3 Å². The van der Waals surface area contributed by atoms with E-state index in [4.69, 9.17) is 16.3 Å². The van der Waals surface area contributed by atoms with Crippen molar-refractivity contribution in [2.45, 2.75) is 13.0 Å². The standard InChI is InChI=1S/C13H15ClN2OS/c1-15-8-10-9-16-13(18-10)6-7-17-12-5-3-2-4-11(12)14/h2-5,9,15H,6-8H2,1H3. The topological polar surface area (TPSA) is 34.2 Å². The van der Waals surface area contributed by atoms with Crippen LogP contribution in [0.4, 0.5) is 0 Å². The second kappa shape index (κ2) is 6.73. The molecule has 0 saturated heterocycles. The maximum absolute atomic E-state index is 6.01. The van der Waals surface area contributed by atoms with Crippen LogP contribution in [0.1, 0.15) is 9.88 Å². The van der Waals surface area contributed by atoms with Gasteiger partial charge in [0.1, 0.15) is 5.75 Å². The molecule has 5 heteroatoms. The third-order valence-corrected chi connectivity index (χ3v) is 3.73. The van der Waals surface area contributed by atoms with Crippen LogP contribution in [0, 0.1) is 0 Å². The van der Waals surface area contributed by atoms with Gasteiger partial charge >= 0.3 is 0 Å². The molecule has 1 aromatic carbocycles. The molecular formula is C13H15ClN2OS. The zero-order valence-electron chi connectivity index (χ0n) is 10.1. The molecule has 96 valence electrons. The van der Waals surface area contributed by atoms with Gasteiger partial charge in [-0.3, -0.25) is 0 Å². The number of ether oxygens (including phenoxy) is 1. The van der Waals surface area contributed by atoms with Crippen LogP contribution in [-0.4, -0.2) is 18.6 Å². The van der Waals surface area contributed by atoms with E-state index in [9.17, 15) is 0 Å². The lowest BCUT2D eigenvalue weighted by Gasteiger charge is -2.06. The number of halogens is 1. The molecule has 0 aliphatic rings. The van der Waals surface area contributed by atoms with Crippen molar-refractivity contribution in [2.75, 3.05) is 13.7 Å². The molecule has 1 aromatic heterocycles. The fourth-order valence-electron chi connectivity index (χ4n) is 1.53. The number of benzene rings is 1. The smallest absolute Gasteiger partial charge is 0.137 e. The highest BCUT2D eigenvalue weighted by molar-refractivity contribution is 7.11. The van der Waals surface area contributed by atoms with Gasteiger partial charge < -0.3 is 10.1 Å². The maximum atomic E-state index is 6.01. The van der Waals surface area contributed by atoms with Gasteiger partial charge in [-0.05, 0) is 19.2 Å². The average Bonchev–Trinajstić information content (AvgIpc) is 2.80. The van der Waals surface area contributed by atoms with E-state index < -0.39 is 0 Å². The van der Waals surface area contributed by atoms with Crippen LogP contribution in [0.15, 0.2) is 30.5 Å². The summed E-state index contributed by atoms with van der Waals surface area (Å²) in [5.41, 5.74) is 0. The predicted molar refractivity (Wildman–Crippen MR) is 75.5 cm³/mol. The van der Waals surface area contributed by atoms with E-state index in [0.717, 1.165) is 23.7 Å². The first-order valence-corrected chi connectivity index (χ1v) is 6.94. The fraction of sp³-hybridized carbons (Fsp3) is 0.308. The molecule has 3 nitrogen and oxygen atoms in total. The molecule has 0 aliphatic carbocycles. The summed E-state index contributed by atoms with van der Waals surface area (Å²) in [6.45, 7) is 1.46. The monoisotopic (exact) mass is 282 g/mol. The van der Waals surface area contributed by atoms with E-state index >= 15 is 0 Å². The Morgan fingerprint density at radius 3 is 3.00 bits per heavy atom. The summed E-state index contributed by atoms with van der Waals surface area (Å²) in [6, 6.07) is 7.50. The van der Waals surface area contributed by atoms with Gasteiger partial charge in [0.2, 0.25) is 0 Å². The van der Waals surface area contributed by atoms with Crippen LogP contribution in [-0.2, 0) is 13.0 Å². The molecule has 0 atom stereocenters. The predicted octanol–water partition coefficient (Wildman–Crippen LogP) is 3.14. The Kier molecular flexibility index (Phi) is 4.99. The van der Waals surface area contributed by atoms with Crippen LogP contribution in [0.5, 0.6) is 5.75 Å². The van der Waals surface area contributed by atoms with E-state index in [1.165, 1.54) is 4.88 Å².